The molecule has 0 bridgehead atoms. The van der Waals surface area contributed by atoms with Crippen LogP contribution in [0, 0.1) is 11.8 Å². The lowest BCUT2D eigenvalue weighted by molar-refractivity contribution is -0.121. The number of likely N-dealkylation sites (tertiary alicyclic amines) is 1. The molecule has 2 fully saturated rings. The van der Waals surface area contributed by atoms with Crippen LogP contribution in [0.2, 0.25) is 0 Å². The topological polar surface area (TPSA) is 73.5 Å². The maximum absolute atomic E-state index is 11.8. The predicted octanol–water partition coefficient (Wildman–Crippen LogP) is -0.238. The molecule has 0 aromatic rings. The van der Waals surface area contributed by atoms with Gasteiger partial charge in [-0.25, -0.2) is 4.79 Å². The van der Waals surface area contributed by atoms with Crippen LogP contribution in [-0.2, 0) is 4.79 Å². The van der Waals surface area contributed by atoms with Crippen molar-refractivity contribution in [1.29, 1.82) is 0 Å². The average molecular weight is 268 g/mol. The van der Waals surface area contributed by atoms with Gasteiger partial charge in [0.25, 0.3) is 0 Å². The maximum atomic E-state index is 11.8. The molecule has 2 heterocycles. The molecular weight excluding hydrogens is 244 g/mol. The third-order valence-corrected chi connectivity index (χ3v) is 3.57. The minimum Gasteiger partial charge on any atom is -0.333 e. The van der Waals surface area contributed by atoms with E-state index in [1.807, 2.05) is 20.8 Å². The first-order valence-electron chi connectivity index (χ1n) is 6.88. The van der Waals surface area contributed by atoms with E-state index >= 15 is 0 Å². The molecule has 0 aliphatic carbocycles. The Bertz CT molecular complexity index is 352. The Hall–Kier alpha value is -1.14. The molecule has 0 spiro atoms. The lowest BCUT2D eigenvalue weighted by atomic mass is 10.0. The van der Waals surface area contributed by atoms with E-state index in [0.717, 1.165) is 26.2 Å². The lowest BCUT2D eigenvalue weighted by Gasteiger charge is -2.21. The number of amides is 3. The van der Waals surface area contributed by atoms with E-state index in [0.29, 0.717) is 18.4 Å². The number of nitrogens with zero attached hydrogens (tertiary/aromatic N) is 1. The van der Waals surface area contributed by atoms with Gasteiger partial charge in [-0.3, -0.25) is 15.0 Å². The summed E-state index contributed by atoms with van der Waals surface area (Å²) in [5.41, 5.74) is -0.333. The highest BCUT2D eigenvalue weighted by atomic mass is 16.2. The Morgan fingerprint density at radius 3 is 2.32 bits per heavy atom. The molecule has 0 unspecified atom stereocenters. The first-order chi connectivity index (χ1) is 8.83. The third kappa shape index (κ3) is 4.18. The fourth-order valence-corrected chi connectivity index (χ4v) is 2.82. The number of rotatable bonds is 2. The predicted molar refractivity (Wildman–Crippen MR) is 72.7 cm³/mol. The van der Waals surface area contributed by atoms with Crippen molar-refractivity contribution in [1.82, 2.24) is 20.9 Å². The van der Waals surface area contributed by atoms with Crippen LogP contribution in [0.5, 0.6) is 0 Å². The fraction of sp³-hybridized carbons (Fsp3) is 0.846. The zero-order valence-electron chi connectivity index (χ0n) is 12.0. The molecule has 3 N–H and O–H groups in total. The monoisotopic (exact) mass is 268 g/mol. The quantitative estimate of drug-likeness (QED) is 0.646. The van der Waals surface area contributed by atoms with Gasteiger partial charge in [-0.1, -0.05) is 0 Å². The normalized spacial score (nSPS) is 27.1. The maximum Gasteiger partial charge on any atom is 0.321 e. The molecule has 19 heavy (non-hydrogen) atoms. The summed E-state index contributed by atoms with van der Waals surface area (Å²) in [6.07, 6.45) is 0. The molecule has 3 amide bonds. The standard InChI is InChI=1S/C13H24N4O2/c1-13(2,3)16-12(19)15-11(18)8-17-6-9-4-14-5-10(9)7-17/h9-10,14H,4-8H2,1-3H3,(H2,15,16,18,19)/t9-,10+. The highest BCUT2D eigenvalue weighted by Crippen LogP contribution is 2.25. The van der Waals surface area contributed by atoms with Crippen molar-refractivity contribution in [3.05, 3.63) is 0 Å². The first-order valence-corrected chi connectivity index (χ1v) is 6.88. The molecule has 0 aromatic heterocycles. The second-order valence-electron chi connectivity index (χ2n) is 6.62. The van der Waals surface area contributed by atoms with Gasteiger partial charge in [0, 0.05) is 18.6 Å². The van der Waals surface area contributed by atoms with Gasteiger partial charge in [0.1, 0.15) is 0 Å². The molecule has 6 nitrogen and oxygen atoms in total. The van der Waals surface area contributed by atoms with Crippen molar-refractivity contribution in [2.75, 3.05) is 32.7 Å². The summed E-state index contributed by atoms with van der Waals surface area (Å²) in [5, 5.41) is 8.46. The van der Waals surface area contributed by atoms with Gasteiger partial charge >= 0.3 is 6.03 Å². The highest BCUT2D eigenvalue weighted by Gasteiger charge is 2.36. The zero-order chi connectivity index (χ0) is 14.0. The van der Waals surface area contributed by atoms with E-state index < -0.39 is 6.03 Å². The van der Waals surface area contributed by atoms with E-state index in [9.17, 15) is 9.59 Å². The molecule has 2 saturated heterocycles. The highest BCUT2D eigenvalue weighted by molar-refractivity contribution is 5.95. The molecule has 0 saturated carbocycles. The number of carbonyl (C=O) groups excluding carboxylic acids is 2. The minimum atomic E-state index is -0.418. The third-order valence-electron chi connectivity index (χ3n) is 3.57. The summed E-state index contributed by atoms with van der Waals surface area (Å²) in [4.78, 5) is 25.5. The van der Waals surface area contributed by atoms with Crippen molar-refractivity contribution in [3.8, 4) is 0 Å². The number of hydrogen-bond donors (Lipinski definition) is 3. The smallest absolute Gasteiger partial charge is 0.321 e. The van der Waals surface area contributed by atoms with Crippen LogP contribution < -0.4 is 16.0 Å². The van der Waals surface area contributed by atoms with Gasteiger partial charge in [0.05, 0.1) is 6.54 Å². The van der Waals surface area contributed by atoms with Gasteiger partial charge in [-0.15, -0.1) is 0 Å². The Morgan fingerprint density at radius 1 is 1.21 bits per heavy atom. The Balaban J connectivity index is 1.72. The number of nitrogens with one attached hydrogen (secondary N) is 3. The largest absolute Gasteiger partial charge is 0.333 e. The van der Waals surface area contributed by atoms with Crippen LogP contribution in [0.25, 0.3) is 0 Å². The zero-order valence-corrected chi connectivity index (χ0v) is 12.0. The van der Waals surface area contributed by atoms with E-state index in [1.54, 1.807) is 0 Å². The van der Waals surface area contributed by atoms with Crippen molar-refractivity contribution >= 4 is 11.9 Å². The summed E-state index contributed by atoms with van der Waals surface area (Å²) in [6, 6.07) is -0.418. The van der Waals surface area contributed by atoms with Gasteiger partial charge < -0.3 is 10.6 Å². The second kappa shape index (κ2) is 5.46. The molecule has 2 aliphatic rings. The number of hydrogen-bond acceptors (Lipinski definition) is 4. The van der Waals surface area contributed by atoms with E-state index in [2.05, 4.69) is 20.9 Å². The minimum absolute atomic E-state index is 0.227. The van der Waals surface area contributed by atoms with Crippen LogP contribution in [0.1, 0.15) is 20.8 Å². The summed E-state index contributed by atoms with van der Waals surface area (Å²) >= 11 is 0. The molecule has 0 aromatic carbocycles. The number of carbonyl (C=O) groups is 2. The summed E-state index contributed by atoms with van der Waals surface area (Å²) in [6.45, 7) is 9.95. The molecule has 2 aliphatic heterocycles. The lowest BCUT2D eigenvalue weighted by Crippen LogP contribution is -2.50. The number of imide groups is 1. The van der Waals surface area contributed by atoms with Gasteiger partial charge in [0.2, 0.25) is 5.91 Å². The van der Waals surface area contributed by atoms with E-state index in [4.69, 9.17) is 0 Å². The van der Waals surface area contributed by atoms with Crippen molar-refractivity contribution in [2.45, 2.75) is 26.3 Å². The second-order valence-corrected chi connectivity index (χ2v) is 6.62. The van der Waals surface area contributed by atoms with Gasteiger partial charge in [-0.2, -0.15) is 0 Å². The fourth-order valence-electron chi connectivity index (χ4n) is 2.82. The summed E-state index contributed by atoms with van der Waals surface area (Å²) < 4.78 is 0. The van der Waals surface area contributed by atoms with E-state index in [1.165, 1.54) is 0 Å². The van der Waals surface area contributed by atoms with Crippen LogP contribution in [0.3, 0.4) is 0 Å². The first kappa shape index (κ1) is 14.3. The van der Waals surface area contributed by atoms with Crippen LogP contribution >= 0.6 is 0 Å². The van der Waals surface area contributed by atoms with E-state index in [-0.39, 0.29) is 11.4 Å². The molecule has 2 rings (SSSR count). The van der Waals surface area contributed by atoms with Crippen LogP contribution in [-0.4, -0.2) is 55.1 Å². The van der Waals surface area contributed by atoms with Crippen LogP contribution in [0.15, 0.2) is 0 Å². The van der Waals surface area contributed by atoms with Crippen molar-refractivity contribution < 1.29 is 9.59 Å². The SMILES string of the molecule is CC(C)(C)NC(=O)NC(=O)CN1C[C@H]2CNC[C@H]2C1. The Kier molecular flexibility index (Phi) is 4.10. The Labute approximate surface area is 114 Å². The average Bonchev–Trinajstić information content (AvgIpc) is 2.73. The molecular formula is C13H24N4O2. The molecule has 6 heteroatoms. The van der Waals surface area contributed by atoms with Gasteiger partial charge in [-0.05, 0) is 45.7 Å². The summed E-state index contributed by atoms with van der Waals surface area (Å²) in [7, 11) is 0. The molecule has 108 valence electrons. The molecule has 2 atom stereocenters. The number of urea groups is 1. The van der Waals surface area contributed by atoms with Crippen molar-refractivity contribution in [3.63, 3.8) is 0 Å². The Morgan fingerprint density at radius 2 is 1.79 bits per heavy atom. The molecule has 0 radical (unpaired) electrons. The van der Waals surface area contributed by atoms with Crippen molar-refractivity contribution in [2.24, 2.45) is 11.8 Å². The summed E-state index contributed by atoms with van der Waals surface area (Å²) in [5.74, 6) is 1.10. The van der Waals surface area contributed by atoms with Crippen LogP contribution in [0.4, 0.5) is 4.79 Å². The van der Waals surface area contributed by atoms with Gasteiger partial charge in [0.15, 0.2) is 0 Å². The number of fused-ring (bicyclic) bond motifs is 1.